The molecule has 2 aliphatic rings. The van der Waals surface area contributed by atoms with Crippen molar-refractivity contribution in [3.8, 4) is 0 Å². The summed E-state index contributed by atoms with van der Waals surface area (Å²) in [6.45, 7) is 5.69. The molecular formula is C29H36F6N4O2. The Morgan fingerprint density at radius 1 is 0.927 bits per heavy atom. The van der Waals surface area contributed by atoms with Crippen LogP contribution in [0, 0.1) is 5.92 Å². The van der Waals surface area contributed by atoms with Crippen LogP contribution < -0.4 is 10.6 Å². The fourth-order valence-corrected chi connectivity index (χ4v) is 5.21. The third-order valence-corrected chi connectivity index (χ3v) is 7.88. The van der Waals surface area contributed by atoms with Gasteiger partial charge in [-0.1, -0.05) is 24.3 Å². The summed E-state index contributed by atoms with van der Waals surface area (Å²) in [5.74, 6) is 0.744. The summed E-state index contributed by atoms with van der Waals surface area (Å²) in [5, 5.41) is 16.2. The highest BCUT2D eigenvalue weighted by Crippen LogP contribution is 2.50. The first-order valence-electron chi connectivity index (χ1n) is 13.9. The number of piperidine rings is 1. The molecule has 2 aromatic carbocycles. The van der Waals surface area contributed by atoms with Crippen molar-refractivity contribution >= 4 is 11.6 Å². The Morgan fingerprint density at radius 2 is 1.51 bits per heavy atom. The van der Waals surface area contributed by atoms with Crippen molar-refractivity contribution in [3.63, 3.8) is 0 Å². The number of halogens is 6. The third kappa shape index (κ3) is 7.34. The molecule has 2 aromatic rings. The summed E-state index contributed by atoms with van der Waals surface area (Å²) < 4.78 is 78.9. The molecule has 41 heavy (non-hydrogen) atoms. The first-order valence-corrected chi connectivity index (χ1v) is 13.9. The minimum atomic E-state index is -5.91. The lowest BCUT2D eigenvalue weighted by atomic mass is 9.91. The highest BCUT2D eigenvalue weighted by atomic mass is 19.4. The number of carbonyl (C=O) groups is 1. The van der Waals surface area contributed by atoms with Gasteiger partial charge in [0.05, 0.1) is 6.67 Å². The van der Waals surface area contributed by atoms with Crippen LogP contribution in [0.25, 0.3) is 0 Å². The number of nitrogens with zero attached hydrogens (tertiary/aromatic N) is 2. The Bertz CT molecular complexity index is 1130. The van der Waals surface area contributed by atoms with Gasteiger partial charge in [0.25, 0.3) is 11.5 Å². The van der Waals surface area contributed by atoms with E-state index in [1.807, 2.05) is 41.0 Å². The molecule has 226 valence electrons. The summed E-state index contributed by atoms with van der Waals surface area (Å²) in [5.41, 5.74) is -4.15. The summed E-state index contributed by atoms with van der Waals surface area (Å²) in [6, 6.07) is 11.1. The highest BCUT2D eigenvalue weighted by Gasteiger charge is 2.71. The molecule has 0 spiro atoms. The van der Waals surface area contributed by atoms with Gasteiger partial charge in [0, 0.05) is 49.0 Å². The lowest BCUT2D eigenvalue weighted by Crippen LogP contribution is -2.53. The van der Waals surface area contributed by atoms with Gasteiger partial charge in [0.2, 0.25) is 0 Å². The zero-order valence-electron chi connectivity index (χ0n) is 22.9. The number of amides is 1. The average molecular weight is 587 g/mol. The van der Waals surface area contributed by atoms with Crippen molar-refractivity contribution in [2.24, 2.45) is 5.92 Å². The van der Waals surface area contributed by atoms with Crippen molar-refractivity contribution < 1.29 is 36.2 Å². The van der Waals surface area contributed by atoms with E-state index in [-0.39, 0.29) is 11.9 Å². The van der Waals surface area contributed by atoms with Crippen molar-refractivity contribution in [2.75, 3.05) is 38.2 Å². The zero-order chi connectivity index (χ0) is 29.8. The number of anilines is 1. The maximum atomic E-state index is 13.3. The van der Waals surface area contributed by atoms with Crippen LogP contribution in [-0.2, 0) is 12.1 Å². The summed E-state index contributed by atoms with van der Waals surface area (Å²) >= 11 is 0. The van der Waals surface area contributed by atoms with Gasteiger partial charge >= 0.3 is 12.4 Å². The van der Waals surface area contributed by atoms with Crippen LogP contribution in [0.1, 0.15) is 54.1 Å². The maximum absolute atomic E-state index is 13.3. The molecule has 3 N–H and O–H groups in total. The lowest BCUT2D eigenvalue weighted by Gasteiger charge is -2.38. The van der Waals surface area contributed by atoms with Crippen LogP contribution in [0.4, 0.5) is 32.0 Å². The first kappa shape index (κ1) is 31.1. The Labute approximate surface area is 235 Å². The van der Waals surface area contributed by atoms with Crippen molar-refractivity contribution in [2.45, 2.75) is 63.1 Å². The first-order chi connectivity index (χ1) is 19.3. The van der Waals surface area contributed by atoms with Crippen LogP contribution in [0.2, 0.25) is 0 Å². The molecule has 4 rings (SSSR count). The van der Waals surface area contributed by atoms with Gasteiger partial charge in [-0.25, -0.2) is 0 Å². The Morgan fingerprint density at radius 3 is 2.02 bits per heavy atom. The van der Waals surface area contributed by atoms with E-state index in [0.717, 1.165) is 18.2 Å². The zero-order valence-corrected chi connectivity index (χ0v) is 22.9. The number of hydrogen-bond donors (Lipinski definition) is 3. The third-order valence-electron chi connectivity index (χ3n) is 7.88. The number of aliphatic hydroxyl groups is 1. The predicted octanol–water partition coefficient (Wildman–Crippen LogP) is 5.49. The monoisotopic (exact) mass is 586 g/mol. The van der Waals surface area contributed by atoms with Gasteiger partial charge in [0.1, 0.15) is 0 Å². The van der Waals surface area contributed by atoms with E-state index in [9.17, 15) is 36.2 Å². The number of carbonyl (C=O) groups excluding carboxylic acids is 1. The predicted molar refractivity (Wildman–Crippen MR) is 143 cm³/mol. The van der Waals surface area contributed by atoms with Gasteiger partial charge in [-0.3, -0.25) is 15.0 Å². The molecular weight excluding hydrogens is 550 g/mol. The molecule has 12 heteroatoms. The number of benzene rings is 2. The van der Waals surface area contributed by atoms with E-state index in [2.05, 4.69) is 10.6 Å². The Hall–Kier alpha value is -2.83. The molecule has 0 atom stereocenters. The second-order valence-corrected chi connectivity index (χ2v) is 10.8. The molecule has 1 saturated carbocycles. The molecule has 0 bridgehead atoms. The fraction of sp³-hybridized carbons (Fsp3) is 0.552. The van der Waals surface area contributed by atoms with E-state index < -0.39 is 23.5 Å². The molecule has 0 unspecified atom stereocenters. The lowest BCUT2D eigenvalue weighted by molar-refractivity contribution is -0.376. The number of hydrogen-bond acceptors (Lipinski definition) is 5. The molecule has 1 heterocycles. The molecule has 6 nitrogen and oxygen atoms in total. The molecule has 0 radical (unpaired) electrons. The van der Waals surface area contributed by atoms with E-state index in [4.69, 9.17) is 0 Å². The second kappa shape index (κ2) is 12.6. The minimum absolute atomic E-state index is 0.0177. The van der Waals surface area contributed by atoms with E-state index >= 15 is 0 Å². The minimum Gasteiger partial charge on any atom is -0.372 e. The Kier molecular flexibility index (Phi) is 9.55. The molecule has 1 amide bonds. The molecule has 1 aliphatic heterocycles. The summed E-state index contributed by atoms with van der Waals surface area (Å²) in [7, 11) is 0. The molecule has 1 saturated heterocycles. The van der Waals surface area contributed by atoms with Gasteiger partial charge in [-0.2, -0.15) is 26.3 Å². The average Bonchev–Trinajstić information content (AvgIpc) is 3.76. The quantitative estimate of drug-likeness (QED) is 0.185. The summed E-state index contributed by atoms with van der Waals surface area (Å²) in [6.07, 6.45) is -7.87. The van der Waals surface area contributed by atoms with Crippen LogP contribution in [0.3, 0.4) is 0 Å². The standard InChI is InChI=1S/C29H36F6N4O2/c1-2-39(26(40)22-7-11-24(12-8-22)37-19-36-17-20-3-4-20)25-13-15-38(16-14-25)18-21-5-9-23(10-6-21)27(41,28(30,31)32)29(33,34)35/h5-12,20,25,36-37,41H,2-4,13-19H2,1H3. The van der Waals surface area contributed by atoms with Gasteiger partial charge in [-0.05, 0) is 74.9 Å². The van der Waals surface area contributed by atoms with Gasteiger partial charge in [-0.15, -0.1) is 0 Å². The van der Waals surface area contributed by atoms with Crippen LogP contribution in [0.5, 0.6) is 0 Å². The number of alkyl halides is 6. The SMILES string of the molecule is CCN(C(=O)c1ccc(NCNCC2CC2)cc1)C1CCN(Cc2ccc(C(O)(C(F)(F)F)C(F)(F)F)cc2)CC1. The second-order valence-electron chi connectivity index (χ2n) is 10.8. The van der Waals surface area contributed by atoms with Crippen LogP contribution in [0.15, 0.2) is 48.5 Å². The largest absolute Gasteiger partial charge is 0.430 e. The van der Waals surface area contributed by atoms with Crippen molar-refractivity contribution in [3.05, 3.63) is 65.2 Å². The molecule has 2 fully saturated rings. The highest BCUT2D eigenvalue weighted by molar-refractivity contribution is 5.94. The maximum Gasteiger partial charge on any atom is 0.430 e. The van der Waals surface area contributed by atoms with Crippen molar-refractivity contribution in [1.82, 2.24) is 15.1 Å². The number of rotatable bonds is 11. The van der Waals surface area contributed by atoms with Gasteiger partial charge < -0.3 is 15.3 Å². The molecule has 0 aromatic heterocycles. The van der Waals surface area contributed by atoms with E-state index in [1.54, 1.807) is 0 Å². The number of nitrogens with one attached hydrogen (secondary N) is 2. The van der Waals surface area contributed by atoms with E-state index in [0.29, 0.717) is 68.9 Å². The van der Waals surface area contributed by atoms with Crippen LogP contribution in [-0.4, -0.2) is 72.1 Å². The van der Waals surface area contributed by atoms with Crippen molar-refractivity contribution in [1.29, 1.82) is 0 Å². The topological polar surface area (TPSA) is 67.8 Å². The molecule has 1 aliphatic carbocycles. The normalized spacial score (nSPS) is 17.5. The van der Waals surface area contributed by atoms with E-state index in [1.165, 1.54) is 25.0 Å². The smallest absolute Gasteiger partial charge is 0.372 e. The fourth-order valence-electron chi connectivity index (χ4n) is 5.21. The Balaban J connectivity index is 1.29. The number of likely N-dealkylation sites (tertiary alicyclic amines) is 1. The summed E-state index contributed by atoms with van der Waals surface area (Å²) in [4.78, 5) is 17.1. The van der Waals surface area contributed by atoms with Gasteiger partial charge in [0.15, 0.2) is 0 Å². The van der Waals surface area contributed by atoms with Crippen LogP contribution >= 0.6 is 0 Å².